The molecular weight excluding hydrogens is 170 g/mol. The highest BCUT2D eigenvalue weighted by Crippen LogP contribution is 2.26. The Kier molecular flexibility index (Phi) is 5.38. The number of thioether (sulfide) groups is 1. The van der Waals surface area contributed by atoms with E-state index in [1.807, 2.05) is 13.8 Å². The molecule has 0 saturated carbocycles. The molecule has 72 valence electrons. The van der Waals surface area contributed by atoms with Crippen molar-refractivity contribution in [2.24, 2.45) is 5.92 Å². The molecule has 1 N–H and O–H groups in total. The van der Waals surface area contributed by atoms with Crippen molar-refractivity contribution in [2.45, 2.75) is 45.9 Å². The number of hydrogen-bond acceptors (Lipinski definition) is 2. The van der Waals surface area contributed by atoms with Gasteiger partial charge in [-0.15, -0.1) is 0 Å². The van der Waals surface area contributed by atoms with Gasteiger partial charge in [0.15, 0.2) is 0 Å². The van der Waals surface area contributed by atoms with E-state index in [-0.39, 0.29) is 5.24 Å². The Bertz CT molecular complexity index is 147. The summed E-state index contributed by atoms with van der Waals surface area (Å²) in [5.74, 6) is 0.550. The van der Waals surface area contributed by atoms with Gasteiger partial charge in [0, 0.05) is 11.3 Å². The van der Waals surface area contributed by atoms with Crippen molar-refractivity contribution < 1.29 is 4.79 Å². The van der Waals surface area contributed by atoms with Crippen molar-refractivity contribution in [3.63, 3.8) is 0 Å². The summed E-state index contributed by atoms with van der Waals surface area (Å²) in [6, 6.07) is 0.373. The summed E-state index contributed by atoms with van der Waals surface area (Å²) in [6.45, 7) is 10.4. The summed E-state index contributed by atoms with van der Waals surface area (Å²) < 4.78 is 0. The third-order valence-corrected chi connectivity index (χ3v) is 2.80. The first-order chi connectivity index (χ1) is 5.61. The standard InChI is InChI=1S/C7H13NOS.C2H6/c1-4(2)6-5(3)10-7(9)8-6;1-2/h4-6H,1-3H3,(H,8,9);1-2H3. The van der Waals surface area contributed by atoms with Crippen molar-refractivity contribution in [3.05, 3.63) is 0 Å². The van der Waals surface area contributed by atoms with Crippen LogP contribution in [-0.4, -0.2) is 16.5 Å². The van der Waals surface area contributed by atoms with Gasteiger partial charge in [-0.2, -0.15) is 0 Å². The fourth-order valence-corrected chi connectivity index (χ4v) is 2.31. The molecule has 1 aliphatic rings. The van der Waals surface area contributed by atoms with Gasteiger partial charge >= 0.3 is 0 Å². The molecule has 2 nitrogen and oxygen atoms in total. The maximum absolute atomic E-state index is 10.8. The molecule has 2 atom stereocenters. The van der Waals surface area contributed by atoms with Crippen LogP contribution in [0, 0.1) is 5.92 Å². The van der Waals surface area contributed by atoms with E-state index in [2.05, 4.69) is 26.1 Å². The first kappa shape index (κ1) is 11.8. The zero-order chi connectivity index (χ0) is 9.72. The van der Waals surface area contributed by atoms with Gasteiger partial charge in [0.1, 0.15) is 0 Å². The molecule has 1 saturated heterocycles. The minimum atomic E-state index is 0.131. The summed E-state index contributed by atoms with van der Waals surface area (Å²) in [7, 11) is 0. The summed E-state index contributed by atoms with van der Waals surface area (Å²) >= 11 is 1.41. The molecule has 0 radical (unpaired) electrons. The van der Waals surface area contributed by atoms with E-state index in [1.54, 1.807) is 0 Å². The molecule has 0 aliphatic carbocycles. The molecule has 3 heteroatoms. The summed E-state index contributed by atoms with van der Waals surface area (Å²) in [5.41, 5.74) is 0. The van der Waals surface area contributed by atoms with E-state index in [4.69, 9.17) is 0 Å². The second-order valence-corrected chi connectivity index (χ2v) is 4.37. The van der Waals surface area contributed by atoms with Crippen LogP contribution in [0.2, 0.25) is 0 Å². The molecule has 1 heterocycles. The lowest BCUT2D eigenvalue weighted by molar-refractivity contribution is 0.257. The molecule has 0 aromatic heterocycles. The molecule has 1 amide bonds. The van der Waals surface area contributed by atoms with Gasteiger partial charge in [0.05, 0.1) is 0 Å². The maximum Gasteiger partial charge on any atom is 0.279 e. The lowest BCUT2D eigenvalue weighted by atomic mass is 10.0. The molecule has 0 aromatic carbocycles. The molecular formula is C9H19NOS. The highest BCUT2D eigenvalue weighted by atomic mass is 32.2. The van der Waals surface area contributed by atoms with Crippen LogP contribution < -0.4 is 5.32 Å². The van der Waals surface area contributed by atoms with Gasteiger partial charge < -0.3 is 5.32 Å². The largest absolute Gasteiger partial charge is 0.343 e. The normalized spacial score (nSPS) is 28.0. The number of carbonyl (C=O) groups is 1. The van der Waals surface area contributed by atoms with Crippen LogP contribution in [-0.2, 0) is 0 Å². The lowest BCUT2D eigenvalue weighted by Crippen LogP contribution is -2.34. The fourth-order valence-electron chi connectivity index (χ4n) is 1.24. The van der Waals surface area contributed by atoms with E-state index < -0.39 is 0 Å². The molecule has 12 heavy (non-hydrogen) atoms. The number of amides is 1. The summed E-state index contributed by atoms with van der Waals surface area (Å²) in [5, 5.41) is 3.50. The lowest BCUT2D eigenvalue weighted by Gasteiger charge is -2.17. The van der Waals surface area contributed by atoms with Gasteiger partial charge in [0.2, 0.25) is 0 Å². The van der Waals surface area contributed by atoms with Crippen LogP contribution in [0.15, 0.2) is 0 Å². The van der Waals surface area contributed by atoms with Crippen LogP contribution in [0.3, 0.4) is 0 Å². The van der Waals surface area contributed by atoms with E-state index in [1.165, 1.54) is 11.8 Å². The number of rotatable bonds is 1. The van der Waals surface area contributed by atoms with Crippen LogP contribution >= 0.6 is 11.8 Å². The van der Waals surface area contributed by atoms with E-state index in [0.717, 1.165) is 0 Å². The van der Waals surface area contributed by atoms with Crippen LogP contribution in [0.25, 0.3) is 0 Å². The Morgan fingerprint density at radius 3 is 2.08 bits per heavy atom. The van der Waals surface area contributed by atoms with Crippen molar-refractivity contribution in [1.82, 2.24) is 5.32 Å². The molecule has 1 aliphatic heterocycles. The molecule has 0 aromatic rings. The zero-order valence-corrected chi connectivity index (χ0v) is 9.37. The first-order valence-corrected chi connectivity index (χ1v) is 5.46. The van der Waals surface area contributed by atoms with Gasteiger partial charge in [-0.3, -0.25) is 4.79 Å². The van der Waals surface area contributed by atoms with Crippen molar-refractivity contribution >= 4 is 17.0 Å². The minimum absolute atomic E-state index is 0.131. The second-order valence-electron chi connectivity index (χ2n) is 3.02. The second kappa shape index (κ2) is 5.46. The molecule has 0 bridgehead atoms. The quantitative estimate of drug-likeness (QED) is 0.687. The number of nitrogens with one attached hydrogen (secondary N) is 1. The third kappa shape index (κ3) is 3.05. The molecule has 0 spiro atoms. The predicted octanol–water partition coefficient (Wildman–Crippen LogP) is 2.88. The van der Waals surface area contributed by atoms with E-state index >= 15 is 0 Å². The smallest absolute Gasteiger partial charge is 0.279 e. The molecule has 1 fully saturated rings. The highest BCUT2D eigenvalue weighted by Gasteiger charge is 2.31. The Morgan fingerprint density at radius 1 is 1.42 bits per heavy atom. The van der Waals surface area contributed by atoms with Gasteiger partial charge in [-0.05, 0) is 5.92 Å². The maximum atomic E-state index is 10.8. The minimum Gasteiger partial charge on any atom is -0.343 e. The average Bonchev–Trinajstić information content (AvgIpc) is 2.34. The van der Waals surface area contributed by atoms with E-state index in [9.17, 15) is 4.79 Å². The van der Waals surface area contributed by atoms with Crippen LogP contribution in [0.1, 0.15) is 34.6 Å². The third-order valence-electron chi connectivity index (χ3n) is 1.80. The number of carbonyl (C=O) groups excluding carboxylic acids is 1. The Labute approximate surface area is 79.5 Å². The Morgan fingerprint density at radius 2 is 1.92 bits per heavy atom. The van der Waals surface area contributed by atoms with Gasteiger partial charge in [-0.1, -0.05) is 46.4 Å². The van der Waals surface area contributed by atoms with Crippen LogP contribution in [0.5, 0.6) is 0 Å². The van der Waals surface area contributed by atoms with Gasteiger partial charge in [-0.25, -0.2) is 0 Å². The van der Waals surface area contributed by atoms with Crippen LogP contribution in [0.4, 0.5) is 4.79 Å². The van der Waals surface area contributed by atoms with Crippen molar-refractivity contribution in [3.8, 4) is 0 Å². The number of hydrogen-bond donors (Lipinski definition) is 1. The monoisotopic (exact) mass is 189 g/mol. The average molecular weight is 189 g/mol. The topological polar surface area (TPSA) is 29.1 Å². The van der Waals surface area contributed by atoms with Crippen molar-refractivity contribution in [2.75, 3.05) is 0 Å². The summed E-state index contributed by atoms with van der Waals surface area (Å²) in [4.78, 5) is 10.8. The molecule has 2 unspecified atom stereocenters. The van der Waals surface area contributed by atoms with E-state index in [0.29, 0.717) is 17.2 Å². The Hall–Kier alpha value is -0.180. The predicted molar refractivity (Wildman–Crippen MR) is 55.6 cm³/mol. The first-order valence-electron chi connectivity index (χ1n) is 4.58. The SMILES string of the molecule is CC.CC(C)C1NC(=O)SC1C. The zero-order valence-electron chi connectivity index (χ0n) is 8.55. The summed E-state index contributed by atoms with van der Waals surface area (Å²) in [6.07, 6.45) is 0. The molecule has 1 rings (SSSR count). The van der Waals surface area contributed by atoms with Crippen molar-refractivity contribution in [1.29, 1.82) is 0 Å². The van der Waals surface area contributed by atoms with Gasteiger partial charge in [0.25, 0.3) is 5.24 Å². The fraction of sp³-hybridized carbons (Fsp3) is 0.889. The Balaban J connectivity index is 0.000000561. The highest BCUT2D eigenvalue weighted by molar-refractivity contribution is 8.14.